The SMILES string of the molecule is CC(=O)OCc1cc2cc(-c3cccc(C)c3)ccc2n1Cc1ccc(C)cc1. The summed E-state index contributed by atoms with van der Waals surface area (Å²) in [5, 5.41) is 1.15. The van der Waals surface area contributed by atoms with Crippen molar-refractivity contribution in [2.45, 2.75) is 33.9 Å². The summed E-state index contributed by atoms with van der Waals surface area (Å²) in [4.78, 5) is 11.4. The van der Waals surface area contributed by atoms with Gasteiger partial charge >= 0.3 is 5.97 Å². The van der Waals surface area contributed by atoms with Crippen LogP contribution in [0.4, 0.5) is 0 Å². The van der Waals surface area contributed by atoms with Gasteiger partial charge in [-0.25, -0.2) is 0 Å². The lowest BCUT2D eigenvalue weighted by Gasteiger charge is -2.12. The second-order valence-electron chi connectivity index (χ2n) is 7.63. The van der Waals surface area contributed by atoms with Crippen LogP contribution in [-0.4, -0.2) is 10.5 Å². The van der Waals surface area contributed by atoms with Crippen LogP contribution in [-0.2, 0) is 22.7 Å². The van der Waals surface area contributed by atoms with Gasteiger partial charge in [0.25, 0.3) is 0 Å². The fourth-order valence-corrected chi connectivity index (χ4v) is 3.69. The highest BCUT2D eigenvalue weighted by Crippen LogP contribution is 2.28. The maximum Gasteiger partial charge on any atom is 0.303 e. The van der Waals surface area contributed by atoms with Crippen LogP contribution < -0.4 is 0 Å². The second kappa shape index (κ2) is 7.96. The molecule has 0 atom stereocenters. The summed E-state index contributed by atoms with van der Waals surface area (Å²) < 4.78 is 7.56. The van der Waals surface area contributed by atoms with E-state index in [2.05, 4.69) is 91.2 Å². The summed E-state index contributed by atoms with van der Waals surface area (Å²) in [6.07, 6.45) is 0. The molecule has 0 fully saturated rings. The summed E-state index contributed by atoms with van der Waals surface area (Å²) in [7, 11) is 0. The summed E-state index contributed by atoms with van der Waals surface area (Å²) in [6.45, 7) is 6.66. The molecule has 1 aromatic heterocycles. The minimum atomic E-state index is -0.266. The maximum atomic E-state index is 11.4. The third kappa shape index (κ3) is 4.24. The van der Waals surface area contributed by atoms with Gasteiger partial charge in [0.2, 0.25) is 0 Å². The highest BCUT2D eigenvalue weighted by atomic mass is 16.5. The second-order valence-corrected chi connectivity index (χ2v) is 7.63. The molecular weight excluding hydrogens is 358 g/mol. The van der Waals surface area contributed by atoms with Crippen molar-refractivity contribution < 1.29 is 9.53 Å². The Hall–Kier alpha value is -3.33. The molecule has 0 aliphatic rings. The summed E-state index contributed by atoms with van der Waals surface area (Å²) >= 11 is 0. The zero-order valence-corrected chi connectivity index (χ0v) is 17.1. The summed E-state index contributed by atoms with van der Waals surface area (Å²) in [5.74, 6) is -0.266. The van der Waals surface area contributed by atoms with Crippen LogP contribution in [0.3, 0.4) is 0 Å². The van der Waals surface area contributed by atoms with E-state index in [1.54, 1.807) is 0 Å². The Morgan fingerprint density at radius 2 is 1.62 bits per heavy atom. The predicted octanol–water partition coefficient (Wildman–Crippen LogP) is 6.04. The molecule has 1 heterocycles. The van der Waals surface area contributed by atoms with Gasteiger partial charge in [0, 0.05) is 24.4 Å². The molecule has 3 aromatic carbocycles. The molecule has 4 aromatic rings. The average molecular weight is 383 g/mol. The van der Waals surface area contributed by atoms with E-state index < -0.39 is 0 Å². The lowest BCUT2D eigenvalue weighted by molar-refractivity contribution is -0.142. The first-order valence-corrected chi connectivity index (χ1v) is 9.88. The van der Waals surface area contributed by atoms with Gasteiger partial charge in [-0.2, -0.15) is 0 Å². The monoisotopic (exact) mass is 383 g/mol. The highest BCUT2D eigenvalue weighted by molar-refractivity contribution is 5.87. The zero-order valence-electron chi connectivity index (χ0n) is 17.1. The van der Waals surface area contributed by atoms with E-state index >= 15 is 0 Å². The van der Waals surface area contributed by atoms with E-state index in [-0.39, 0.29) is 12.6 Å². The van der Waals surface area contributed by atoms with E-state index in [1.165, 1.54) is 34.7 Å². The largest absolute Gasteiger partial charge is 0.459 e. The number of carbonyl (C=O) groups is 1. The number of benzene rings is 3. The molecule has 0 aliphatic carbocycles. The fourth-order valence-electron chi connectivity index (χ4n) is 3.69. The molecule has 0 amide bonds. The van der Waals surface area contributed by atoms with Gasteiger partial charge in [0.15, 0.2) is 0 Å². The van der Waals surface area contributed by atoms with Crippen LogP contribution in [0, 0.1) is 13.8 Å². The Bertz CT molecular complexity index is 1170. The normalized spacial score (nSPS) is 11.0. The molecule has 0 saturated carbocycles. The third-order valence-corrected chi connectivity index (χ3v) is 5.22. The molecule has 3 nitrogen and oxygen atoms in total. The number of hydrogen-bond donors (Lipinski definition) is 0. The van der Waals surface area contributed by atoms with Gasteiger partial charge in [-0.05, 0) is 48.7 Å². The minimum absolute atomic E-state index is 0.266. The molecular formula is C26H25NO2. The number of aromatic nitrogens is 1. The van der Waals surface area contributed by atoms with Crippen LogP contribution in [0.15, 0.2) is 72.8 Å². The molecule has 29 heavy (non-hydrogen) atoms. The molecule has 3 heteroatoms. The summed E-state index contributed by atoms with van der Waals surface area (Å²) in [5.41, 5.74) is 8.25. The Kier molecular flexibility index (Phi) is 5.22. The van der Waals surface area contributed by atoms with Gasteiger partial charge in [-0.3, -0.25) is 4.79 Å². The molecule has 0 aliphatic heterocycles. The first-order chi connectivity index (χ1) is 14.0. The van der Waals surface area contributed by atoms with E-state index in [0.29, 0.717) is 0 Å². The van der Waals surface area contributed by atoms with Crippen molar-refractivity contribution in [1.82, 2.24) is 4.57 Å². The van der Waals surface area contributed by atoms with Crippen molar-refractivity contribution in [1.29, 1.82) is 0 Å². The average Bonchev–Trinajstić information content (AvgIpc) is 3.05. The molecule has 0 radical (unpaired) electrons. The molecule has 0 unspecified atom stereocenters. The van der Waals surface area contributed by atoms with E-state index in [1.807, 2.05) is 0 Å². The summed E-state index contributed by atoms with van der Waals surface area (Å²) in [6, 6.07) is 25.8. The molecule has 0 N–H and O–H groups in total. The van der Waals surface area contributed by atoms with Gasteiger partial charge in [0.1, 0.15) is 6.61 Å². The van der Waals surface area contributed by atoms with Crippen molar-refractivity contribution >= 4 is 16.9 Å². The lowest BCUT2D eigenvalue weighted by atomic mass is 10.0. The number of rotatable bonds is 5. The topological polar surface area (TPSA) is 31.2 Å². The minimum Gasteiger partial charge on any atom is -0.459 e. The third-order valence-electron chi connectivity index (χ3n) is 5.22. The molecule has 0 spiro atoms. The van der Waals surface area contributed by atoms with Gasteiger partial charge < -0.3 is 9.30 Å². The van der Waals surface area contributed by atoms with Crippen LogP contribution in [0.2, 0.25) is 0 Å². The number of aryl methyl sites for hydroxylation is 2. The van der Waals surface area contributed by atoms with Crippen molar-refractivity contribution in [2.75, 3.05) is 0 Å². The van der Waals surface area contributed by atoms with Crippen LogP contribution in [0.25, 0.3) is 22.0 Å². The molecule has 0 saturated heterocycles. The highest BCUT2D eigenvalue weighted by Gasteiger charge is 2.12. The van der Waals surface area contributed by atoms with E-state index in [9.17, 15) is 4.79 Å². The van der Waals surface area contributed by atoms with Crippen molar-refractivity contribution in [3.8, 4) is 11.1 Å². The quantitative estimate of drug-likeness (QED) is 0.394. The van der Waals surface area contributed by atoms with Gasteiger partial charge in [-0.1, -0.05) is 65.7 Å². The van der Waals surface area contributed by atoms with E-state index in [4.69, 9.17) is 4.74 Å². The van der Waals surface area contributed by atoms with Crippen LogP contribution >= 0.6 is 0 Å². The Morgan fingerprint density at radius 1 is 0.862 bits per heavy atom. The van der Waals surface area contributed by atoms with Crippen molar-refractivity contribution in [3.63, 3.8) is 0 Å². The van der Waals surface area contributed by atoms with Crippen LogP contribution in [0.1, 0.15) is 29.3 Å². The van der Waals surface area contributed by atoms with Crippen molar-refractivity contribution in [2.24, 2.45) is 0 Å². The standard InChI is InChI=1S/C26H25NO2/c1-18-7-9-21(10-8-18)16-27-25(17-29-20(3)28)15-24-14-23(11-12-26(24)27)22-6-4-5-19(2)13-22/h4-15H,16-17H2,1-3H3. The maximum absolute atomic E-state index is 11.4. The number of nitrogens with zero attached hydrogens (tertiary/aromatic N) is 1. The lowest BCUT2D eigenvalue weighted by Crippen LogP contribution is -2.07. The fraction of sp³-hybridized carbons (Fsp3) is 0.192. The Labute approximate surface area is 171 Å². The molecule has 0 bridgehead atoms. The number of ether oxygens (including phenoxy) is 1. The Morgan fingerprint density at radius 3 is 2.34 bits per heavy atom. The molecule has 4 rings (SSSR count). The van der Waals surface area contributed by atoms with Crippen LogP contribution in [0.5, 0.6) is 0 Å². The first kappa shape index (κ1) is 19.0. The number of hydrogen-bond acceptors (Lipinski definition) is 2. The molecule has 146 valence electrons. The number of esters is 1. The zero-order chi connectivity index (χ0) is 20.4. The van der Waals surface area contributed by atoms with Gasteiger partial charge in [0.05, 0.1) is 5.69 Å². The van der Waals surface area contributed by atoms with E-state index in [0.717, 1.165) is 23.1 Å². The number of carbonyl (C=O) groups excluding carboxylic acids is 1. The Balaban J connectivity index is 1.77. The first-order valence-electron chi connectivity index (χ1n) is 9.88. The number of fused-ring (bicyclic) bond motifs is 1. The van der Waals surface area contributed by atoms with Crippen molar-refractivity contribution in [3.05, 3.63) is 95.2 Å². The smallest absolute Gasteiger partial charge is 0.303 e. The van der Waals surface area contributed by atoms with Gasteiger partial charge in [-0.15, -0.1) is 0 Å². The predicted molar refractivity (Wildman–Crippen MR) is 118 cm³/mol.